The average Bonchev–Trinajstić information content (AvgIpc) is 3.34. The first-order valence-corrected chi connectivity index (χ1v) is 8.28. The number of nitrogens with one attached hydrogen (secondary N) is 1. The molecule has 0 saturated heterocycles. The summed E-state index contributed by atoms with van der Waals surface area (Å²) in [5.41, 5.74) is 3.12. The SMILES string of the molecule is Cc1ncc(C(C)NCC2(C(O)c3ccccc3)CC2)c(C)n1. The summed E-state index contributed by atoms with van der Waals surface area (Å²) in [6.07, 6.45) is 3.62. The van der Waals surface area contributed by atoms with E-state index in [-0.39, 0.29) is 11.5 Å². The molecule has 1 aliphatic carbocycles. The number of aryl methyl sites for hydroxylation is 2. The van der Waals surface area contributed by atoms with Crippen molar-refractivity contribution in [3.05, 3.63) is 59.2 Å². The molecule has 1 heterocycles. The lowest BCUT2D eigenvalue weighted by atomic mass is 9.92. The molecule has 1 saturated carbocycles. The smallest absolute Gasteiger partial charge is 0.125 e. The first-order chi connectivity index (χ1) is 11.0. The van der Waals surface area contributed by atoms with Gasteiger partial charge in [0.25, 0.3) is 0 Å². The van der Waals surface area contributed by atoms with Gasteiger partial charge in [-0.15, -0.1) is 0 Å². The van der Waals surface area contributed by atoms with Crippen LogP contribution in [0.3, 0.4) is 0 Å². The lowest BCUT2D eigenvalue weighted by molar-refractivity contribution is 0.0903. The second-order valence-corrected chi connectivity index (χ2v) is 6.74. The molecule has 3 rings (SSSR count). The van der Waals surface area contributed by atoms with E-state index in [1.54, 1.807) is 0 Å². The molecule has 23 heavy (non-hydrogen) atoms. The van der Waals surface area contributed by atoms with Crippen molar-refractivity contribution >= 4 is 0 Å². The molecule has 1 aromatic carbocycles. The van der Waals surface area contributed by atoms with Crippen molar-refractivity contribution in [3.63, 3.8) is 0 Å². The number of hydrogen-bond acceptors (Lipinski definition) is 4. The van der Waals surface area contributed by atoms with Crippen LogP contribution in [-0.4, -0.2) is 21.6 Å². The van der Waals surface area contributed by atoms with Gasteiger partial charge in [0.15, 0.2) is 0 Å². The van der Waals surface area contributed by atoms with E-state index in [0.717, 1.165) is 42.0 Å². The standard InChI is InChI=1S/C19H25N3O/c1-13(17-11-20-15(3)22-14(17)2)21-12-19(9-10-19)18(23)16-7-5-4-6-8-16/h4-8,11,13,18,21,23H,9-10,12H2,1-3H3. The predicted octanol–water partition coefficient (Wildman–Crippen LogP) is 3.26. The van der Waals surface area contributed by atoms with Crippen LogP contribution in [0.1, 0.15) is 54.6 Å². The molecule has 0 spiro atoms. The van der Waals surface area contributed by atoms with Crippen LogP contribution < -0.4 is 5.32 Å². The highest BCUT2D eigenvalue weighted by atomic mass is 16.3. The molecular weight excluding hydrogens is 286 g/mol. The molecule has 4 heteroatoms. The van der Waals surface area contributed by atoms with Gasteiger partial charge in [-0.05, 0) is 39.2 Å². The first kappa shape index (κ1) is 16.1. The van der Waals surface area contributed by atoms with Crippen LogP contribution in [0.15, 0.2) is 36.5 Å². The number of aliphatic hydroxyl groups excluding tert-OH is 1. The molecule has 1 fully saturated rings. The third-order valence-corrected chi connectivity index (χ3v) is 4.95. The van der Waals surface area contributed by atoms with E-state index in [2.05, 4.69) is 22.2 Å². The molecule has 0 bridgehead atoms. The summed E-state index contributed by atoms with van der Waals surface area (Å²) in [6.45, 7) is 6.86. The second kappa shape index (κ2) is 6.38. The number of aliphatic hydroxyl groups is 1. The third kappa shape index (κ3) is 3.43. The Kier molecular flexibility index (Phi) is 4.46. The molecule has 4 nitrogen and oxygen atoms in total. The maximum Gasteiger partial charge on any atom is 0.125 e. The van der Waals surface area contributed by atoms with E-state index in [0.29, 0.717) is 0 Å². The number of rotatable bonds is 6. The minimum atomic E-state index is -0.404. The summed E-state index contributed by atoms with van der Waals surface area (Å²) >= 11 is 0. The first-order valence-electron chi connectivity index (χ1n) is 8.28. The van der Waals surface area contributed by atoms with Crippen LogP contribution in [0, 0.1) is 19.3 Å². The number of nitrogens with zero attached hydrogens (tertiary/aromatic N) is 2. The van der Waals surface area contributed by atoms with Gasteiger partial charge in [-0.2, -0.15) is 0 Å². The Morgan fingerprint density at radius 3 is 2.52 bits per heavy atom. The molecular formula is C19H25N3O. The van der Waals surface area contributed by atoms with Crippen molar-refractivity contribution in [3.8, 4) is 0 Å². The van der Waals surface area contributed by atoms with Crippen LogP contribution in [0.2, 0.25) is 0 Å². The van der Waals surface area contributed by atoms with E-state index in [1.807, 2.05) is 50.4 Å². The zero-order valence-corrected chi connectivity index (χ0v) is 14.1. The monoisotopic (exact) mass is 311 g/mol. The van der Waals surface area contributed by atoms with Gasteiger partial charge < -0.3 is 10.4 Å². The molecule has 2 aromatic rings. The Labute approximate surface area is 138 Å². The van der Waals surface area contributed by atoms with Crippen LogP contribution >= 0.6 is 0 Å². The van der Waals surface area contributed by atoms with Gasteiger partial charge in [0.2, 0.25) is 0 Å². The van der Waals surface area contributed by atoms with Gasteiger partial charge in [-0.3, -0.25) is 0 Å². The molecule has 1 aromatic heterocycles. The van der Waals surface area contributed by atoms with E-state index < -0.39 is 6.10 Å². The third-order valence-electron chi connectivity index (χ3n) is 4.95. The number of benzene rings is 1. The summed E-state index contributed by atoms with van der Waals surface area (Å²) in [7, 11) is 0. The van der Waals surface area contributed by atoms with Crippen molar-refractivity contribution < 1.29 is 5.11 Å². The van der Waals surface area contributed by atoms with Gasteiger partial charge in [0, 0.05) is 35.5 Å². The summed E-state index contributed by atoms with van der Waals surface area (Å²) < 4.78 is 0. The van der Waals surface area contributed by atoms with E-state index in [1.165, 1.54) is 0 Å². The normalized spacial score (nSPS) is 18.4. The Hall–Kier alpha value is -1.78. The van der Waals surface area contributed by atoms with Crippen molar-refractivity contribution in [2.24, 2.45) is 5.41 Å². The molecule has 122 valence electrons. The maximum atomic E-state index is 10.7. The zero-order chi connectivity index (χ0) is 16.4. The fraction of sp³-hybridized carbons (Fsp3) is 0.474. The van der Waals surface area contributed by atoms with E-state index in [4.69, 9.17) is 0 Å². The van der Waals surface area contributed by atoms with Crippen LogP contribution in [-0.2, 0) is 0 Å². The Balaban J connectivity index is 1.65. The lowest BCUT2D eigenvalue weighted by Gasteiger charge is -2.25. The summed E-state index contributed by atoms with van der Waals surface area (Å²) in [5, 5.41) is 14.3. The quantitative estimate of drug-likeness (QED) is 0.860. The minimum Gasteiger partial charge on any atom is -0.388 e. The fourth-order valence-electron chi connectivity index (χ4n) is 3.18. The van der Waals surface area contributed by atoms with Gasteiger partial charge >= 0.3 is 0 Å². The predicted molar refractivity (Wildman–Crippen MR) is 91.0 cm³/mol. The lowest BCUT2D eigenvalue weighted by Crippen LogP contribution is -2.31. The van der Waals surface area contributed by atoms with Crippen molar-refractivity contribution in [2.75, 3.05) is 6.54 Å². The van der Waals surface area contributed by atoms with Crippen molar-refractivity contribution in [2.45, 2.75) is 45.8 Å². The van der Waals surface area contributed by atoms with Crippen molar-refractivity contribution in [1.29, 1.82) is 0 Å². The Morgan fingerprint density at radius 1 is 1.22 bits per heavy atom. The highest BCUT2D eigenvalue weighted by molar-refractivity contribution is 5.23. The average molecular weight is 311 g/mol. The van der Waals surface area contributed by atoms with E-state index >= 15 is 0 Å². The highest BCUT2D eigenvalue weighted by Crippen LogP contribution is 2.54. The maximum absolute atomic E-state index is 10.7. The van der Waals surface area contributed by atoms with Gasteiger partial charge in [-0.1, -0.05) is 30.3 Å². The number of hydrogen-bond donors (Lipinski definition) is 2. The molecule has 2 atom stereocenters. The summed E-state index contributed by atoms with van der Waals surface area (Å²) in [4.78, 5) is 8.74. The van der Waals surface area contributed by atoms with Gasteiger partial charge in [-0.25, -0.2) is 9.97 Å². The fourth-order valence-corrected chi connectivity index (χ4v) is 3.18. The zero-order valence-electron chi connectivity index (χ0n) is 14.1. The molecule has 1 aliphatic rings. The highest BCUT2D eigenvalue weighted by Gasteiger charge is 2.49. The summed E-state index contributed by atoms with van der Waals surface area (Å²) in [5.74, 6) is 0.802. The molecule has 0 radical (unpaired) electrons. The van der Waals surface area contributed by atoms with Gasteiger partial charge in [0.05, 0.1) is 6.10 Å². The second-order valence-electron chi connectivity index (χ2n) is 6.74. The molecule has 0 aliphatic heterocycles. The van der Waals surface area contributed by atoms with Crippen LogP contribution in [0.5, 0.6) is 0 Å². The topological polar surface area (TPSA) is 58.0 Å². The van der Waals surface area contributed by atoms with Crippen LogP contribution in [0.25, 0.3) is 0 Å². The Bertz CT molecular complexity index is 668. The Morgan fingerprint density at radius 2 is 1.91 bits per heavy atom. The van der Waals surface area contributed by atoms with E-state index in [9.17, 15) is 5.11 Å². The molecule has 0 amide bonds. The van der Waals surface area contributed by atoms with Gasteiger partial charge in [0.1, 0.15) is 5.82 Å². The number of aromatic nitrogens is 2. The van der Waals surface area contributed by atoms with Crippen LogP contribution in [0.4, 0.5) is 0 Å². The molecule has 2 N–H and O–H groups in total. The van der Waals surface area contributed by atoms with Crippen molar-refractivity contribution in [1.82, 2.24) is 15.3 Å². The minimum absolute atomic E-state index is 0.0327. The largest absolute Gasteiger partial charge is 0.388 e. The molecule has 2 unspecified atom stereocenters. The summed E-state index contributed by atoms with van der Waals surface area (Å²) in [6, 6.07) is 10.1.